The molecule has 1 aromatic rings. The Morgan fingerprint density at radius 3 is 2.69 bits per heavy atom. The molecule has 0 aliphatic heterocycles. The average molecular weight is 195 g/mol. The van der Waals surface area contributed by atoms with Crippen LogP contribution in [0.1, 0.15) is 6.42 Å². The first-order valence-corrected chi connectivity index (χ1v) is 4.50. The largest absolute Gasteiger partial charge is 0.393 e. The van der Waals surface area contributed by atoms with Gasteiger partial charge in [-0.25, -0.2) is 0 Å². The fourth-order valence-electron chi connectivity index (χ4n) is 1.01. The van der Waals surface area contributed by atoms with Crippen LogP contribution in [0.3, 0.4) is 0 Å². The van der Waals surface area contributed by atoms with E-state index in [2.05, 4.69) is 9.88 Å². The zero-order valence-electron chi connectivity index (χ0n) is 7.60. The molecule has 0 aliphatic carbocycles. The Morgan fingerprint density at radius 2 is 2.15 bits per heavy atom. The maximum Gasteiger partial charge on any atom is 0.0745 e. The van der Waals surface area contributed by atoms with Gasteiger partial charge in [0.05, 0.1) is 4.99 Å². The molecular formula is C9H13N3S. The van der Waals surface area contributed by atoms with E-state index in [1.807, 2.05) is 19.2 Å². The van der Waals surface area contributed by atoms with Crippen LogP contribution in [-0.4, -0.2) is 23.6 Å². The fraction of sp³-hybridized carbons (Fsp3) is 0.333. The quantitative estimate of drug-likeness (QED) is 0.733. The molecule has 1 heterocycles. The van der Waals surface area contributed by atoms with Crippen molar-refractivity contribution in [3.05, 3.63) is 24.5 Å². The highest BCUT2D eigenvalue weighted by atomic mass is 32.1. The highest BCUT2D eigenvalue weighted by Crippen LogP contribution is 2.09. The van der Waals surface area contributed by atoms with Crippen molar-refractivity contribution in [1.29, 1.82) is 0 Å². The number of anilines is 1. The number of hydrogen-bond donors (Lipinski definition) is 1. The molecule has 3 nitrogen and oxygen atoms in total. The third kappa shape index (κ3) is 3.38. The lowest BCUT2D eigenvalue weighted by molar-refractivity contribution is 0.919. The van der Waals surface area contributed by atoms with Gasteiger partial charge in [0.2, 0.25) is 0 Å². The molecule has 0 unspecified atom stereocenters. The number of nitrogens with two attached hydrogens (primary N) is 1. The van der Waals surface area contributed by atoms with Crippen LogP contribution in [0.25, 0.3) is 0 Å². The SMILES string of the molecule is CN(CCC(N)=S)c1ccncc1. The van der Waals surface area contributed by atoms with Crippen molar-refractivity contribution in [1.82, 2.24) is 4.98 Å². The number of pyridine rings is 1. The highest BCUT2D eigenvalue weighted by molar-refractivity contribution is 7.80. The second-order valence-electron chi connectivity index (χ2n) is 2.84. The second-order valence-corrected chi connectivity index (χ2v) is 3.37. The van der Waals surface area contributed by atoms with Crippen LogP contribution in [0.4, 0.5) is 5.69 Å². The van der Waals surface area contributed by atoms with Gasteiger partial charge in [0.25, 0.3) is 0 Å². The number of nitrogens with zero attached hydrogens (tertiary/aromatic N) is 2. The summed E-state index contributed by atoms with van der Waals surface area (Å²) < 4.78 is 0. The van der Waals surface area contributed by atoms with Crippen LogP contribution in [0.15, 0.2) is 24.5 Å². The third-order valence-corrected chi connectivity index (χ3v) is 2.00. The number of aromatic nitrogens is 1. The van der Waals surface area contributed by atoms with Crippen molar-refractivity contribution in [3.8, 4) is 0 Å². The monoisotopic (exact) mass is 195 g/mol. The molecule has 0 fully saturated rings. The van der Waals surface area contributed by atoms with Gasteiger partial charge in [0.1, 0.15) is 0 Å². The molecule has 13 heavy (non-hydrogen) atoms. The van der Waals surface area contributed by atoms with Gasteiger partial charge in [-0.15, -0.1) is 0 Å². The van der Waals surface area contributed by atoms with Crippen molar-refractivity contribution < 1.29 is 0 Å². The molecule has 0 aliphatic rings. The molecule has 1 rings (SSSR count). The summed E-state index contributed by atoms with van der Waals surface area (Å²) in [4.78, 5) is 6.60. The zero-order chi connectivity index (χ0) is 9.68. The fourth-order valence-corrected chi connectivity index (χ4v) is 1.10. The molecule has 2 N–H and O–H groups in total. The van der Waals surface area contributed by atoms with Gasteiger partial charge in [-0.05, 0) is 12.1 Å². The summed E-state index contributed by atoms with van der Waals surface area (Å²) in [5.74, 6) is 0. The standard InChI is InChI=1S/C9H13N3S/c1-12(7-4-9(10)13)8-2-5-11-6-3-8/h2-3,5-6H,4,7H2,1H3,(H2,10,13). The summed E-state index contributed by atoms with van der Waals surface area (Å²) in [6.45, 7) is 0.847. The van der Waals surface area contributed by atoms with Crippen LogP contribution in [0.2, 0.25) is 0 Å². The maximum atomic E-state index is 5.41. The minimum Gasteiger partial charge on any atom is -0.393 e. The van der Waals surface area contributed by atoms with Gasteiger partial charge in [-0.2, -0.15) is 0 Å². The minimum atomic E-state index is 0.556. The average Bonchev–Trinajstić information content (AvgIpc) is 2.15. The van der Waals surface area contributed by atoms with Crippen molar-refractivity contribution in [2.75, 3.05) is 18.5 Å². The van der Waals surface area contributed by atoms with Gasteiger partial charge < -0.3 is 10.6 Å². The number of rotatable bonds is 4. The van der Waals surface area contributed by atoms with Crippen LogP contribution >= 0.6 is 12.2 Å². The molecule has 0 aromatic carbocycles. The normalized spacial score (nSPS) is 9.62. The zero-order valence-corrected chi connectivity index (χ0v) is 8.42. The molecule has 1 aromatic heterocycles. The summed E-state index contributed by atoms with van der Waals surface area (Å²) in [7, 11) is 2.01. The van der Waals surface area contributed by atoms with E-state index in [0.717, 1.165) is 18.7 Å². The topological polar surface area (TPSA) is 42.1 Å². The van der Waals surface area contributed by atoms with Crippen molar-refractivity contribution in [2.24, 2.45) is 5.73 Å². The Morgan fingerprint density at radius 1 is 1.54 bits per heavy atom. The van der Waals surface area contributed by atoms with E-state index in [4.69, 9.17) is 18.0 Å². The molecule has 70 valence electrons. The smallest absolute Gasteiger partial charge is 0.0745 e. The Hall–Kier alpha value is -1.16. The molecule has 0 bridgehead atoms. The van der Waals surface area contributed by atoms with E-state index in [9.17, 15) is 0 Å². The first-order chi connectivity index (χ1) is 6.20. The number of thiocarbonyl (C=S) groups is 1. The van der Waals surface area contributed by atoms with E-state index >= 15 is 0 Å². The molecule has 0 saturated heterocycles. The van der Waals surface area contributed by atoms with Crippen molar-refractivity contribution in [2.45, 2.75) is 6.42 Å². The summed E-state index contributed by atoms with van der Waals surface area (Å²) >= 11 is 4.80. The molecule has 0 atom stereocenters. The Balaban J connectivity index is 2.49. The maximum absolute atomic E-state index is 5.41. The van der Waals surface area contributed by atoms with Gasteiger partial charge >= 0.3 is 0 Å². The van der Waals surface area contributed by atoms with E-state index in [1.54, 1.807) is 12.4 Å². The minimum absolute atomic E-state index is 0.556. The molecule has 0 radical (unpaired) electrons. The Bertz CT molecular complexity index is 273. The van der Waals surface area contributed by atoms with Crippen molar-refractivity contribution in [3.63, 3.8) is 0 Å². The molecule has 0 amide bonds. The van der Waals surface area contributed by atoms with Gasteiger partial charge in [-0.1, -0.05) is 12.2 Å². The molecule has 4 heteroatoms. The van der Waals surface area contributed by atoms with E-state index in [0.29, 0.717) is 4.99 Å². The van der Waals surface area contributed by atoms with Crippen LogP contribution in [0, 0.1) is 0 Å². The van der Waals surface area contributed by atoms with Crippen molar-refractivity contribution >= 4 is 22.9 Å². The van der Waals surface area contributed by atoms with Crippen LogP contribution in [-0.2, 0) is 0 Å². The molecule has 0 saturated carbocycles. The van der Waals surface area contributed by atoms with Crippen LogP contribution < -0.4 is 10.6 Å². The molecular weight excluding hydrogens is 182 g/mol. The lowest BCUT2D eigenvalue weighted by Gasteiger charge is -2.18. The van der Waals surface area contributed by atoms with E-state index in [1.165, 1.54) is 0 Å². The summed E-state index contributed by atoms with van der Waals surface area (Å²) in [6, 6.07) is 3.92. The summed E-state index contributed by atoms with van der Waals surface area (Å²) in [5.41, 5.74) is 6.54. The summed E-state index contributed by atoms with van der Waals surface area (Å²) in [6.07, 6.45) is 4.29. The van der Waals surface area contributed by atoms with E-state index < -0.39 is 0 Å². The van der Waals surface area contributed by atoms with Crippen LogP contribution in [0.5, 0.6) is 0 Å². The van der Waals surface area contributed by atoms with Gasteiger partial charge in [-0.3, -0.25) is 4.98 Å². The van der Waals surface area contributed by atoms with Gasteiger partial charge in [0.15, 0.2) is 0 Å². The predicted molar refractivity (Wildman–Crippen MR) is 58.9 cm³/mol. The van der Waals surface area contributed by atoms with E-state index in [-0.39, 0.29) is 0 Å². The number of hydrogen-bond acceptors (Lipinski definition) is 3. The predicted octanol–water partition coefficient (Wildman–Crippen LogP) is 1.19. The second kappa shape index (κ2) is 4.77. The third-order valence-electron chi connectivity index (χ3n) is 1.80. The lowest BCUT2D eigenvalue weighted by Crippen LogP contribution is -2.23. The Kier molecular flexibility index (Phi) is 3.64. The first kappa shape index (κ1) is 9.92. The Labute approximate surface area is 83.6 Å². The highest BCUT2D eigenvalue weighted by Gasteiger charge is 1.99. The van der Waals surface area contributed by atoms with Gasteiger partial charge in [0, 0.05) is 38.1 Å². The summed E-state index contributed by atoms with van der Waals surface area (Å²) in [5, 5.41) is 0. The molecule has 0 spiro atoms. The lowest BCUT2D eigenvalue weighted by atomic mass is 10.3. The first-order valence-electron chi connectivity index (χ1n) is 4.09.